The van der Waals surface area contributed by atoms with Gasteiger partial charge in [0.05, 0.1) is 7.11 Å². The van der Waals surface area contributed by atoms with E-state index < -0.39 is 11.6 Å². The van der Waals surface area contributed by atoms with Crippen LogP contribution in [0, 0.1) is 11.6 Å². The molecule has 0 heterocycles. The normalized spacial score (nSPS) is 11.5. The summed E-state index contributed by atoms with van der Waals surface area (Å²) in [6.45, 7) is 2.95. The van der Waals surface area contributed by atoms with Gasteiger partial charge in [-0.2, -0.15) is 0 Å². The summed E-state index contributed by atoms with van der Waals surface area (Å²) in [6.07, 6.45) is 2.88. The molecule has 1 aromatic carbocycles. The summed E-state index contributed by atoms with van der Waals surface area (Å²) >= 11 is 0. The molecule has 1 rings (SSSR count). The molecular weight excluding hydrogens is 264 g/mol. The Morgan fingerprint density at radius 1 is 1.30 bits per heavy atom. The van der Waals surface area contributed by atoms with Crippen LogP contribution in [-0.4, -0.2) is 26.2 Å². The van der Waals surface area contributed by atoms with Crippen LogP contribution in [0.3, 0.4) is 0 Å². The van der Waals surface area contributed by atoms with Crippen LogP contribution >= 0.6 is 0 Å². The van der Waals surface area contributed by atoms with Crippen molar-refractivity contribution in [2.75, 3.05) is 20.2 Å². The molecule has 0 fully saturated rings. The predicted molar refractivity (Wildman–Crippen MR) is 73.3 cm³/mol. The molecule has 0 aromatic heterocycles. The summed E-state index contributed by atoms with van der Waals surface area (Å²) < 4.78 is 30.6. The van der Waals surface area contributed by atoms with E-state index in [1.54, 1.807) is 6.08 Å². The van der Waals surface area contributed by atoms with Gasteiger partial charge in [0.1, 0.15) is 11.6 Å². The minimum Gasteiger partial charge on any atom is -0.466 e. The number of halogens is 2. The van der Waals surface area contributed by atoms with Crippen LogP contribution < -0.4 is 5.32 Å². The Kier molecular flexibility index (Phi) is 6.87. The molecule has 0 saturated heterocycles. The van der Waals surface area contributed by atoms with Crippen molar-refractivity contribution in [3.8, 4) is 0 Å². The summed E-state index contributed by atoms with van der Waals surface area (Å²) in [5.41, 5.74) is 1.21. The quantitative estimate of drug-likeness (QED) is 0.475. The Bertz CT molecular complexity index is 467. The van der Waals surface area contributed by atoms with Crippen LogP contribution in [0.4, 0.5) is 8.78 Å². The predicted octanol–water partition coefficient (Wildman–Crippen LogP) is 2.61. The van der Waals surface area contributed by atoms with Crippen LogP contribution in [0.25, 0.3) is 0 Å². The average molecular weight is 283 g/mol. The molecule has 0 radical (unpaired) electrons. The number of carbonyl (C=O) groups is 1. The first-order valence-corrected chi connectivity index (χ1v) is 6.49. The Morgan fingerprint density at radius 3 is 2.50 bits per heavy atom. The van der Waals surface area contributed by atoms with Crippen molar-refractivity contribution in [1.29, 1.82) is 0 Å². The third-order valence-corrected chi connectivity index (χ3v) is 2.83. The highest BCUT2D eigenvalue weighted by Crippen LogP contribution is 2.08. The fourth-order valence-corrected chi connectivity index (χ4v) is 1.79. The van der Waals surface area contributed by atoms with Gasteiger partial charge in [-0.1, -0.05) is 13.0 Å². The van der Waals surface area contributed by atoms with E-state index in [-0.39, 0.29) is 5.97 Å². The number of rotatable bonds is 7. The van der Waals surface area contributed by atoms with Crippen LogP contribution in [-0.2, 0) is 16.0 Å². The molecular formula is C15H19F2NO2. The summed E-state index contributed by atoms with van der Waals surface area (Å²) in [6, 6.07) is 3.47. The minimum absolute atomic E-state index is 0.332. The Labute approximate surface area is 117 Å². The maximum Gasteiger partial charge on any atom is 0.333 e. The maximum absolute atomic E-state index is 13.0. The highest BCUT2D eigenvalue weighted by Gasteiger charge is 2.05. The molecule has 0 atom stereocenters. The number of ether oxygens (including phenoxy) is 1. The fraction of sp³-hybridized carbons (Fsp3) is 0.400. The lowest BCUT2D eigenvalue weighted by molar-refractivity contribution is -0.136. The van der Waals surface area contributed by atoms with Gasteiger partial charge in [0.25, 0.3) is 0 Å². The molecule has 0 aliphatic rings. The lowest BCUT2D eigenvalue weighted by Gasteiger charge is -2.05. The van der Waals surface area contributed by atoms with Crippen molar-refractivity contribution in [3.63, 3.8) is 0 Å². The van der Waals surface area contributed by atoms with Crippen LogP contribution in [0.5, 0.6) is 0 Å². The van der Waals surface area contributed by atoms with Crippen LogP contribution in [0.2, 0.25) is 0 Å². The first-order valence-electron chi connectivity index (χ1n) is 6.49. The van der Waals surface area contributed by atoms with E-state index in [0.717, 1.165) is 6.07 Å². The Hall–Kier alpha value is -1.75. The highest BCUT2D eigenvalue weighted by molar-refractivity contribution is 5.88. The zero-order valence-electron chi connectivity index (χ0n) is 11.7. The molecule has 0 amide bonds. The molecule has 0 unspecified atom stereocenters. The topological polar surface area (TPSA) is 38.3 Å². The molecule has 5 heteroatoms. The molecule has 110 valence electrons. The molecule has 0 aliphatic carbocycles. The smallest absolute Gasteiger partial charge is 0.333 e. The number of esters is 1. The van der Waals surface area contributed by atoms with Crippen molar-refractivity contribution in [1.82, 2.24) is 5.32 Å². The second kappa shape index (κ2) is 8.43. The molecule has 1 aromatic rings. The summed E-state index contributed by atoms with van der Waals surface area (Å²) in [7, 11) is 1.34. The largest absolute Gasteiger partial charge is 0.466 e. The Balaban J connectivity index is 2.38. The summed E-state index contributed by atoms with van der Waals surface area (Å²) in [5.74, 6) is -1.47. The molecule has 1 N–H and O–H groups in total. The standard InChI is InChI=1S/C15H19F2NO2/c1-3-12(15(19)20-2)5-7-18-6-4-11-8-13(16)10-14(17)9-11/h5,8-10,18H,3-4,6-7H2,1-2H3/b12-5-. The van der Waals surface area contributed by atoms with Crippen molar-refractivity contribution in [2.45, 2.75) is 19.8 Å². The number of methoxy groups -OCH3 is 1. The molecule has 3 nitrogen and oxygen atoms in total. The second-order valence-corrected chi connectivity index (χ2v) is 4.31. The van der Waals surface area contributed by atoms with Gasteiger partial charge >= 0.3 is 5.97 Å². The SMILES string of the molecule is CC/C(=C/CNCCc1cc(F)cc(F)c1)C(=O)OC. The molecule has 0 saturated carbocycles. The molecule has 20 heavy (non-hydrogen) atoms. The monoisotopic (exact) mass is 283 g/mol. The van der Waals surface area contributed by atoms with Gasteiger partial charge in [-0.05, 0) is 37.1 Å². The van der Waals surface area contributed by atoms with Gasteiger partial charge in [-0.15, -0.1) is 0 Å². The second-order valence-electron chi connectivity index (χ2n) is 4.31. The van der Waals surface area contributed by atoms with E-state index in [1.807, 2.05) is 6.92 Å². The van der Waals surface area contributed by atoms with Crippen molar-refractivity contribution >= 4 is 5.97 Å². The molecule has 0 aliphatic heterocycles. The number of carbonyl (C=O) groups excluding carboxylic acids is 1. The van der Waals surface area contributed by atoms with E-state index in [2.05, 4.69) is 10.1 Å². The first-order chi connectivity index (χ1) is 9.56. The van der Waals surface area contributed by atoms with E-state index in [4.69, 9.17) is 0 Å². The number of hydrogen-bond acceptors (Lipinski definition) is 3. The molecule has 0 spiro atoms. The fourth-order valence-electron chi connectivity index (χ4n) is 1.79. The van der Waals surface area contributed by atoms with Crippen molar-refractivity contribution in [3.05, 3.63) is 47.0 Å². The van der Waals surface area contributed by atoms with Gasteiger partial charge in [0, 0.05) is 18.2 Å². The third kappa shape index (κ3) is 5.48. The number of hydrogen-bond donors (Lipinski definition) is 1. The third-order valence-electron chi connectivity index (χ3n) is 2.83. The van der Waals surface area contributed by atoms with Gasteiger partial charge in [-0.3, -0.25) is 0 Å². The highest BCUT2D eigenvalue weighted by atomic mass is 19.1. The summed E-state index contributed by atoms with van der Waals surface area (Å²) in [4.78, 5) is 11.3. The van der Waals surface area contributed by atoms with Crippen LogP contribution in [0.15, 0.2) is 29.8 Å². The number of benzene rings is 1. The van der Waals surface area contributed by atoms with E-state index in [9.17, 15) is 13.6 Å². The maximum atomic E-state index is 13.0. The lowest BCUT2D eigenvalue weighted by atomic mass is 10.1. The average Bonchev–Trinajstić information content (AvgIpc) is 2.41. The van der Waals surface area contributed by atoms with Gasteiger partial charge in [0.2, 0.25) is 0 Å². The molecule has 0 bridgehead atoms. The zero-order valence-corrected chi connectivity index (χ0v) is 11.7. The van der Waals surface area contributed by atoms with Crippen molar-refractivity contribution < 1.29 is 18.3 Å². The van der Waals surface area contributed by atoms with Crippen LogP contribution in [0.1, 0.15) is 18.9 Å². The van der Waals surface area contributed by atoms with Gasteiger partial charge in [0.15, 0.2) is 0 Å². The lowest BCUT2D eigenvalue weighted by Crippen LogP contribution is -2.18. The zero-order chi connectivity index (χ0) is 15.0. The van der Waals surface area contributed by atoms with Gasteiger partial charge in [-0.25, -0.2) is 13.6 Å². The van der Waals surface area contributed by atoms with Crippen molar-refractivity contribution in [2.24, 2.45) is 0 Å². The Morgan fingerprint density at radius 2 is 1.95 bits per heavy atom. The first kappa shape index (κ1) is 16.3. The van der Waals surface area contributed by atoms with E-state index in [1.165, 1.54) is 19.2 Å². The summed E-state index contributed by atoms with van der Waals surface area (Å²) in [5, 5.41) is 3.09. The number of nitrogens with one attached hydrogen (secondary N) is 1. The minimum atomic E-state index is -0.571. The van der Waals surface area contributed by atoms with E-state index >= 15 is 0 Å². The van der Waals surface area contributed by atoms with E-state index in [0.29, 0.717) is 37.1 Å². The van der Waals surface area contributed by atoms with Gasteiger partial charge < -0.3 is 10.1 Å².